The summed E-state index contributed by atoms with van der Waals surface area (Å²) in [4.78, 5) is 14.1. The number of rotatable bonds is 3. The molecule has 0 saturated heterocycles. The van der Waals surface area contributed by atoms with Gasteiger partial charge in [-0.15, -0.1) is 0 Å². The fourth-order valence-corrected chi connectivity index (χ4v) is 2.74. The molecule has 1 aromatic rings. The summed E-state index contributed by atoms with van der Waals surface area (Å²) in [6.45, 7) is 5.20. The molecule has 0 amide bonds. The SMILES string of the molecule is Cc1ccc(N(C)CC2CC(C)CCC2=O)cc1. The van der Waals surface area contributed by atoms with Crippen molar-refractivity contribution in [2.45, 2.75) is 33.1 Å². The molecule has 0 bridgehead atoms. The Kier molecular flexibility index (Phi) is 4.05. The third-order valence-corrected chi connectivity index (χ3v) is 3.99. The Morgan fingerprint density at radius 3 is 2.61 bits per heavy atom. The Morgan fingerprint density at radius 1 is 1.28 bits per heavy atom. The average molecular weight is 245 g/mol. The summed E-state index contributed by atoms with van der Waals surface area (Å²) < 4.78 is 0. The van der Waals surface area contributed by atoms with Gasteiger partial charge in [0, 0.05) is 31.6 Å². The summed E-state index contributed by atoms with van der Waals surface area (Å²) in [6, 6.07) is 8.51. The molecule has 0 aromatic heterocycles. The summed E-state index contributed by atoms with van der Waals surface area (Å²) >= 11 is 0. The zero-order valence-corrected chi connectivity index (χ0v) is 11.6. The number of benzene rings is 1. The molecule has 2 heteroatoms. The van der Waals surface area contributed by atoms with E-state index in [1.165, 1.54) is 11.3 Å². The van der Waals surface area contributed by atoms with Gasteiger partial charge in [-0.2, -0.15) is 0 Å². The van der Waals surface area contributed by atoms with Crippen molar-refractivity contribution in [2.24, 2.45) is 11.8 Å². The zero-order valence-electron chi connectivity index (χ0n) is 11.6. The monoisotopic (exact) mass is 245 g/mol. The van der Waals surface area contributed by atoms with Gasteiger partial charge >= 0.3 is 0 Å². The third kappa shape index (κ3) is 3.12. The average Bonchev–Trinajstić information content (AvgIpc) is 2.34. The molecule has 0 radical (unpaired) electrons. The van der Waals surface area contributed by atoms with Gasteiger partial charge in [0.05, 0.1) is 0 Å². The standard InChI is InChI=1S/C16H23NO/c1-12-4-7-15(8-5-12)17(3)11-14-10-13(2)6-9-16(14)18/h4-5,7-8,13-14H,6,9-11H2,1-3H3. The van der Waals surface area contributed by atoms with Gasteiger partial charge in [0.1, 0.15) is 5.78 Å². The second-order valence-electron chi connectivity index (χ2n) is 5.76. The van der Waals surface area contributed by atoms with Gasteiger partial charge in [0.2, 0.25) is 0 Å². The first kappa shape index (κ1) is 13.1. The highest BCUT2D eigenvalue weighted by atomic mass is 16.1. The molecule has 2 atom stereocenters. The van der Waals surface area contributed by atoms with Crippen LogP contribution in [0.3, 0.4) is 0 Å². The molecule has 0 aliphatic heterocycles. The number of carbonyl (C=O) groups is 1. The van der Waals surface area contributed by atoms with E-state index in [2.05, 4.69) is 50.1 Å². The van der Waals surface area contributed by atoms with Gasteiger partial charge < -0.3 is 4.90 Å². The van der Waals surface area contributed by atoms with Gasteiger partial charge in [0.15, 0.2) is 0 Å². The third-order valence-electron chi connectivity index (χ3n) is 3.99. The van der Waals surface area contributed by atoms with Crippen molar-refractivity contribution in [1.82, 2.24) is 0 Å². The Hall–Kier alpha value is -1.31. The highest BCUT2D eigenvalue weighted by molar-refractivity contribution is 5.82. The first-order valence-electron chi connectivity index (χ1n) is 6.87. The molecule has 2 unspecified atom stereocenters. The number of Topliss-reactive ketones (excluding diaryl/α,β-unsaturated/α-hetero) is 1. The Bertz CT molecular complexity index is 410. The highest BCUT2D eigenvalue weighted by Crippen LogP contribution is 2.27. The van der Waals surface area contributed by atoms with Crippen LogP contribution in [0.15, 0.2) is 24.3 Å². The maximum absolute atomic E-state index is 11.9. The summed E-state index contributed by atoms with van der Waals surface area (Å²) in [5, 5.41) is 0. The molecule has 1 aliphatic rings. The van der Waals surface area contributed by atoms with Crippen LogP contribution in [0.1, 0.15) is 31.7 Å². The molecule has 0 spiro atoms. The molecule has 1 aromatic carbocycles. The van der Waals surface area contributed by atoms with Crippen molar-refractivity contribution in [3.8, 4) is 0 Å². The lowest BCUT2D eigenvalue weighted by molar-refractivity contribution is -0.125. The first-order valence-corrected chi connectivity index (χ1v) is 6.87. The van der Waals surface area contributed by atoms with Crippen molar-refractivity contribution in [1.29, 1.82) is 0 Å². The van der Waals surface area contributed by atoms with Gasteiger partial charge in [0.25, 0.3) is 0 Å². The van der Waals surface area contributed by atoms with Crippen LogP contribution in [0.4, 0.5) is 5.69 Å². The second kappa shape index (κ2) is 5.55. The summed E-state index contributed by atoms with van der Waals surface area (Å²) in [5.74, 6) is 1.37. The maximum Gasteiger partial charge on any atom is 0.137 e. The predicted octanol–water partition coefficient (Wildman–Crippen LogP) is 3.44. The molecule has 98 valence electrons. The summed E-state index contributed by atoms with van der Waals surface area (Å²) in [5.41, 5.74) is 2.47. The minimum Gasteiger partial charge on any atom is -0.374 e. The number of hydrogen-bond acceptors (Lipinski definition) is 2. The van der Waals surface area contributed by atoms with Crippen molar-refractivity contribution in [3.63, 3.8) is 0 Å². The van der Waals surface area contributed by atoms with E-state index in [0.29, 0.717) is 11.7 Å². The number of hydrogen-bond donors (Lipinski definition) is 0. The van der Waals surface area contributed by atoms with Gasteiger partial charge in [-0.1, -0.05) is 24.6 Å². The lowest BCUT2D eigenvalue weighted by Gasteiger charge is -2.30. The van der Waals surface area contributed by atoms with Crippen molar-refractivity contribution in [3.05, 3.63) is 29.8 Å². The van der Waals surface area contributed by atoms with Crippen LogP contribution in [0.25, 0.3) is 0 Å². The molecular weight excluding hydrogens is 222 g/mol. The van der Waals surface area contributed by atoms with E-state index in [9.17, 15) is 4.79 Å². The molecule has 1 fully saturated rings. The van der Waals surface area contributed by atoms with E-state index in [-0.39, 0.29) is 5.92 Å². The van der Waals surface area contributed by atoms with Gasteiger partial charge in [-0.25, -0.2) is 0 Å². The molecular formula is C16H23NO. The number of nitrogens with zero attached hydrogens (tertiary/aromatic N) is 1. The number of anilines is 1. The molecule has 18 heavy (non-hydrogen) atoms. The zero-order chi connectivity index (χ0) is 13.1. The number of ketones is 1. The van der Waals surface area contributed by atoms with Crippen LogP contribution in [-0.2, 0) is 4.79 Å². The largest absolute Gasteiger partial charge is 0.374 e. The number of carbonyl (C=O) groups excluding carboxylic acids is 1. The van der Waals surface area contributed by atoms with Crippen LogP contribution in [0.5, 0.6) is 0 Å². The van der Waals surface area contributed by atoms with Gasteiger partial charge in [-0.3, -0.25) is 4.79 Å². The second-order valence-corrected chi connectivity index (χ2v) is 5.76. The fraction of sp³-hybridized carbons (Fsp3) is 0.562. The van der Waals surface area contributed by atoms with E-state index in [4.69, 9.17) is 0 Å². The Morgan fingerprint density at radius 2 is 1.94 bits per heavy atom. The molecule has 1 aliphatic carbocycles. The molecule has 0 N–H and O–H groups in total. The van der Waals surface area contributed by atoms with E-state index in [1.807, 2.05) is 0 Å². The smallest absolute Gasteiger partial charge is 0.137 e. The van der Waals surface area contributed by atoms with Crippen molar-refractivity contribution >= 4 is 11.5 Å². The van der Waals surface area contributed by atoms with E-state index in [0.717, 1.165) is 25.8 Å². The highest BCUT2D eigenvalue weighted by Gasteiger charge is 2.27. The lowest BCUT2D eigenvalue weighted by atomic mass is 9.81. The van der Waals surface area contributed by atoms with Gasteiger partial charge in [-0.05, 0) is 37.8 Å². The van der Waals surface area contributed by atoms with E-state index < -0.39 is 0 Å². The molecule has 2 nitrogen and oxygen atoms in total. The number of aryl methyl sites for hydroxylation is 1. The van der Waals surface area contributed by atoms with Crippen LogP contribution in [0.2, 0.25) is 0 Å². The van der Waals surface area contributed by atoms with Crippen LogP contribution in [-0.4, -0.2) is 19.4 Å². The van der Waals surface area contributed by atoms with E-state index in [1.54, 1.807) is 0 Å². The quantitative estimate of drug-likeness (QED) is 0.813. The predicted molar refractivity (Wildman–Crippen MR) is 76.0 cm³/mol. The normalized spacial score (nSPS) is 24.1. The topological polar surface area (TPSA) is 20.3 Å². The summed E-state index contributed by atoms with van der Waals surface area (Å²) in [6.07, 6.45) is 2.90. The van der Waals surface area contributed by atoms with Crippen LogP contribution < -0.4 is 4.90 Å². The Labute approximate surface area is 110 Å². The minimum atomic E-state index is 0.222. The first-order chi connectivity index (χ1) is 8.56. The maximum atomic E-state index is 11.9. The molecule has 0 heterocycles. The van der Waals surface area contributed by atoms with Crippen molar-refractivity contribution < 1.29 is 4.79 Å². The summed E-state index contributed by atoms with van der Waals surface area (Å²) in [7, 11) is 2.08. The fourth-order valence-electron chi connectivity index (χ4n) is 2.74. The minimum absolute atomic E-state index is 0.222. The lowest BCUT2D eigenvalue weighted by Crippen LogP contribution is -2.34. The Balaban J connectivity index is 1.99. The molecule has 2 rings (SSSR count). The van der Waals surface area contributed by atoms with Crippen LogP contribution >= 0.6 is 0 Å². The van der Waals surface area contributed by atoms with Crippen molar-refractivity contribution in [2.75, 3.05) is 18.5 Å². The van der Waals surface area contributed by atoms with Crippen LogP contribution in [0, 0.1) is 18.8 Å². The van der Waals surface area contributed by atoms with E-state index >= 15 is 0 Å². The molecule has 1 saturated carbocycles.